The third kappa shape index (κ3) is 2.42. The highest BCUT2D eigenvalue weighted by Crippen LogP contribution is 2.24. The van der Waals surface area contributed by atoms with E-state index < -0.39 is 0 Å². The lowest BCUT2D eigenvalue weighted by Gasteiger charge is -1.96. The fourth-order valence-electron chi connectivity index (χ4n) is 3.48. The summed E-state index contributed by atoms with van der Waals surface area (Å²) in [6, 6.07) is 29.2. The van der Waals surface area contributed by atoms with Crippen molar-refractivity contribution < 1.29 is 0 Å². The quantitative estimate of drug-likeness (QED) is 0.349. The molecule has 3 heteroatoms. The number of nitrogens with one attached hydrogen (secondary N) is 2. The van der Waals surface area contributed by atoms with Crippen LogP contribution in [0, 0.1) is 0 Å². The Bertz CT molecular complexity index is 1280. The molecule has 0 saturated heterocycles. The van der Waals surface area contributed by atoms with Gasteiger partial charge in [0.05, 0.1) is 17.4 Å². The monoisotopic (exact) mass is 335 g/mol. The largest absolute Gasteiger partial charge is 0.355 e. The van der Waals surface area contributed by atoms with Gasteiger partial charge < -0.3 is 9.97 Å². The van der Waals surface area contributed by atoms with Gasteiger partial charge in [0, 0.05) is 27.2 Å². The smallest absolute Gasteiger partial charge is 0.0960 e. The van der Waals surface area contributed by atoms with Crippen molar-refractivity contribution in [1.29, 1.82) is 0 Å². The first-order chi connectivity index (χ1) is 12.9. The Hall–Kier alpha value is -3.59. The molecule has 0 amide bonds. The summed E-state index contributed by atoms with van der Waals surface area (Å²) in [6.45, 7) is 0. The van der Waals surface area contributed by atoms with E-state index in [0.29, 0.717) is 0 Å². The second kappa shape index (κ2) is 6.05. The van der Waals surface area contributed by atoms with E-state index >= 15 is 0 Å². The van der Waals surface area contributed by atoms with Crippen LogP contribution in [0.1, 0.15) is 0 Å². The molecule has 0 atom stereocenters. The Morgan fingerprint density at radius 1 is 0.538 bits per heavy atom. The maximum atomic E-state index is 4.29. The van der Waals surface area contributed by atoms with Gasteiger partial charge in [0.2, 0.25) is 0 Å². The number of H-pyrrole nitrogens is 2. The molecule has 0 saturated carbocycles. The molecule has 124 valence electrons. The topological polar surface area (TPSA) is 44.5 Å². The van der Waals surface area contributed by atoms with Gasteiger partial charge in [-0.05, 0) is 23.6 Å². The molecule has 0 radical (unpaired) electrons. The number of hydrogen-bond acceptors (Lipinski definition) is 1. The molecule has 6 aromatic rings. The van der Waals surface area contributed by atoms with Crippen LogP contribution in [0.3, 0.4) is 0 Å². The maximum Gasteiger partial charge on any atom is 0.0960 e. The summed E-state index contributed by atoms with van der Waals surface area (Å²) in [5.74, 6) is 0. The minimum absolute atomic E-state index is 1.05. The normalized spacial score (nSPS) is 11.1. The van der Waals surface area contributed by atoms with Crippen molar-refractivity contribution in [2.45, 2.75) is 0 Å². The predicted octanol–water partition coefficient (Wildman–Crippen LogP) is 6.04. The summed E-state index contributed by atoms with van der Waals surface area (Å²) in [5.41, 5.74) is 4.57. The number of rotatable bonds is 0. The summed E-state index contributed by atoms with van der Waals surface area (Å²) in [4.78, 5) is 10.8. The third-order valence-corrected chi connectivity index (χ3v) is 4.73. The van der Waals surface area contributed by atoms with Crippen LogP contribution < -0.4 is 0 Å². The molecule has 0 unspecified atom stereocenters. The van der Waals surface area contributed by atoms with E-state index in [2.05, 4.69) is 87.7 Å². The Morgan fingerprint density at radius 2 is 1.15 bits per heavy atom. The van der Waals surface area contributed by atoms with Gasteiger partial charge in [-0.15, -0.1) is 0 Å². The maximum absolute atomic E-state index is 4.29. The number of fused-ring (bicyclic) bond motifs is 6. The molecule has 0 bridgehead atoms. The highest BCUT2D eigenvalue weighted by molar-refractivity contribution is 6.07. The van der Waals surface area contributed by atoms with Crippen molar-refractivity contribution >= 4 is 43.6 Å². The third-order valence-electron chi connectivity index (χ3n) is 4.73. The molecule has 0 aliphatic rings. The number of para-hydroxylation sites is 2. The molecular weight excluding hydrogens is 318 g/mol. The van der Waals surface area contributed by atoms with E-state index in [4.69, 9.17) is 0 Å². The van der Waals surface area contributed by atoms with Crippen molar-refractivity contribution in [3.63, 3.8) is 0 Å². The van der Waals surface area contributed by atoms with Crippen molar-refractivity contribution in [3.8, 4) is 0 Å². The van der Waals surface area contributed by atoms with Crippen molar-refractivity contribution in [1.82, 2.24) is 15.0 Å². The molecule has 2 N–H and O–H groups in total. The molecular formula is C23H17N3. The van der Waals surface area contributed by atoms with Crippen LogP contribution in [-0.2, 0) is 0 Å². The van der Waals surface area contributed by atoms with Gasteiger partial charge >= 0.3 is 0 Å². The zero-order chi connectivity index (χ0) is 17.3. The average molecular weight is 335 g/mol. The lowest BCUT2D eigenvalue weighted by Crippen LogP contribution is -1.74. The Kier molecular flexibility index (Phi) is 3.42. The first-order valence-corrected chi connectivity index (χ1v) is 8.66. The molecule has 2 heterocycles. The first kappa shape index (κ1) is 14.7. The summed E-state index contributed by atoms with van der Waals surface area (Å²) in [7, 11) is 0. The molecule has 0 spiro atoms. The van der Waals surface area contributed by atoms with E-state index in [1.165, 1.54) is 32.6 Å². The van der Waals surface area contributed by atoms with Crippen LogP contribution in [0.2, 0.25) is 0 Å². The van der Waals surface area contributed by atoms with Gasteiger partial charge in [0.25, 0.3) is 0 Å². The van der Waals surface area contributed by atoms with Crippen LogP contribution in [0.15, 0.2) is 91.3 Å². The average Bonchev–Trinajstić information content (AvgIpc) is 3.33. The van der Waals surface area contributed by atoms with Gasteiger partial charge in [0.1, 0.15) is 0 Å². The van der Waals surface area contributed by atoms with Gasteiger partial charge in [0.15, 0.2) is 0 Å². The van der Waals surface area contributed by atoms with E-state index in [0.717, 1.165) is 11.0 Å². The lowest BCUT2D eigenvalue weighted by molar-refractivity contribution is 1.35. The van der Waals surface area contributed by atoms with Gasteiger partial charge in [-0.1, -0.05) is 66.7 Å². The van der Waals surface area contributed by atoms with Gasteiger partial charge in [-0.3, -0.25) is 0 Å². The van der Waals surface area contributed by atoms with E-state index in [9.17, 15) is 0 Å². The summed E-state index contributed by atoms with van der Waals surface area (Å²) < 4.78 is 0. The molecule has 4 aromatic carbocycles. The molecule has 26 heavy (non-hydrogen) atoms. The highest BCUT2D eigenvalue weighted by atomic mass is 14.9. The SMILES string of the molecule is c1ccc2c(c1)[nH]c1ccccc12.c1ccc2c(c1)ccc1[nH]cnc12. The van der Waals surface area contributed by atoms with E-state index in [1.54, 1.807) is 6.33 Å². The number of imidazole rings is 1. The zero-order valence-electron chi connectivity index (χ0n) is 14.1. The van der Waals surface area contributed by atoms with Crippen LogP contribution in [-0.4, -0.2) is 15.0 Å². The second-order valence-corrected chi connectivity index (χ2v) is 6.30. The Morgan fingerprint density at radius 3 is 1.88 bits per heavy atom. The summed E-state index contributed by atoms with van der Waals surface area (Å²) in [5, 5.41) is 5.06. The molecule has 3 nitrogen and oxygen atoms in total. The minimum Gasteiger partial charge on any atom is -0.355 e. The number of benzene rings is 4. The fraction of sp³-hybridized carbons (Fsp3) is 0. The zero-order valence-corrected chi connectivity index (χ0v) is 14.1. The number of hydrogen-bond donors (Lipinski definition) is 2. The summed E-state index contributed by atoms with van der Waals surface area (Å²) in [6.07, 6.45) is 1.73. The minimum atomic E-state index is 1.05. The molecule has 6 rings (SSSR count). The molecule has 0 aliphatic heterocycles. The van der Waals surface area contributed by atoms with E-state index in [1.807, 2.05) is 12.1 Å². The van der Waals surface area contributed by atoms with Gasteiger partial charge in [-0.2, -0.15) is 0 Å². The fourth-order valence-corrected chi connectivity index (χ4v) is 3.48. The lowest BCUT2D eigenvalue weighted by atomic mass is 10.1. The van der Waals surface area contributed by atoms with Crippen molar-refractivity contribution in [3.05, 3.63) is 91.3 Å². The van der Waals surface area contributed by atoms with Gasteiger partial charge in [-0.25, -0.2) is 4.98 Å². The number of aromatic nitrogens is 3. The Balaban J connectivity index is 0.000000115. The second-order valence-electron chi connectivity index (χ2n) is 6.30. The predicted molar refractivity (Wildman–Crippen MR) is 109 cm³/mol. The van der Waals surface area contributed by atoms with Crippen LogP contribution in [0.5, 0.6) is 0 Å². The standard InChI is InChI=1S/C12H9N.C11H8N2/c1-3-7-11-9(5-1)10-6-2-4-8-12(10)13-11;1-2-4-9-8(3-1)5-6-10-11(9)13-7-12-10/h1-8,13H;1-7H,(H,12,13). The molecule has 0 aliphatic carbocycles. The number of aromatic amines is 2. The van der Waals surface area contributed by atoms with Crippen molar-refractivity contribution in [2.24, 2.45) is 0 Å². The Labute approximate surface area is 150 Å². The highest BCUT2D eigenvalue weighted by Gasteiger charge is 2.01. The first-order valence-electron chi connectivity index (χ1n) is 8.66. The van der Waals surface area contributed by atoms with Crippen LogP contribution >= 0.6 is 0 Å². The van der Waals surface area contributed by atoms with E-state index in [-0.39, 0.29) is 0 Å². The van der Waals surface area contributed by atoms with Crippen molar-refractivity contribution in [2.75, 3.05) is 0 Å². The molecule has 2 aromatic heterocycles. The van der Waals surface area contributed by atoms with Crippen LogP contribution in [0.25, 0.3) is 43.6 Å². The summed E-state index contributed by atoms with van der Waals surface area (Å²) >= 11 is 0. The molecule has 0 fully saturated rings. The van der Waals surface area contributed by atoms with Crippen LogP contribution in [0.4, 0.5) is 0 Å². The number of nitrogens with zero attached hydrogens (tertiary/aromatic N) is 1.